The van der Waals surface area contributed by atoms with Gasteiger partial charge in [-0.1, -0.05) is 18.2 Å². The van der Waals surface area contributed by atoms with Gasteiger partial charge < -0.3 is 5.32 Å². The first kappa shape index (κ1) is 16.7. The number of rotatable bonds is 3. The molecule has 1 N–H and O–H groups in total. The van der Waals surface area contributed by atoms with Crippen LogP contribution < -0.4 is 5.32 Å². The van der Waals surface area contributed by atoms with E-state index in [0.717, 1.165) is 18.1 Å². The van der Waals surface area contributed by atoms with E-state index in [9.17, 15) is 0 Å². The first-order chi connectivity index (χ1) is 10.9. The lowest BCUT2D eigenvalue weighted by Gasteiger charge is -2.37. The summed E-state index contributed by atoms with van der Waals surface area (Å²) in [5, 5.41) is 4.72. The number of hydrogen-bond acceptors (Lipinski definition) is 4. The van der Waals surface area contributed by atoms with E-state index in [1.165, 1.54) is 56.6 Å². The van der Waals surface area contributed by atoms with Gasteiger partial charge in [0.25, 0.3) is 0 Å². The summed E-state index contributed by atoms with van der Waals surface area (Å²) in [5.41, 5.74) is 2.42. The topological polar surface area (TPSA) is 31.4 Å². The van der Waals surface area contributed by atoms with E-state index in [0.29, 0.717) is 0 Å². The quantitative estimate of drug-likeness (QED) is 0.933. The maximum absolute atomic E-state index is 4.58. The first-order valence-corrected chi connectivity index (χ1v) is 8.39. The largest absolute Gasteiger partial charge is 0.315 e. The molecule has 124 valence electrons. The average Bonchev–Trinajstić information content (AvgIpc) is 3.10. The molecule has 0 amide bonds. The van der Waals surface area contributed by atoms with Crippen LogP contribution in [-0.4, -0.2) is 60.1 Å². The highest BCUT2D eigenvalue weighted by Crippen LogP contribution is 2.16. The third kappa shape index (κ3) is 3.83. The van der Waals surface area contributed by atoms with Gasteiger partial charge in [-0.15, -0.1) is 12.4 Å². The maximum Gasteiger partial charge on any atom is 0.0702 e. The Hall–Kier alpha value is -1.20. The molecule has 2 aliphatic heterocycles. The summed E-state index contributed by atoms with van der Waals surface area (Å²) in [5.74, 6) is 0. The lowest BCUT2D eigenvalue weighted by Crippen LogP contribution is -2.50. The predicted molar refractivity (Wildman–Crippen MR) is 97.1 cm³/mol. The van der Waals surface area contributed by atoms with Crippen LogP contribution >= 0.6 is 12.4 Å². The summed E-state index contributed by atoms with van der Waals surface area (Å²) in [7, 11) is 0. The van der Waals surface area contributed by atoms with Gasteiger partial charge in [0.2, 0.25) is 0 Å². The van der Waals surface area contributed by atoms with Gasteiger partial charge in [0.05, 0.1) is 5.52 Å². The molecule has 0 saturated carbocycles. The molecule has 0 bridgehead atoms. The van der Waals surface area contributed by atoms with E-state index in [4.69, 9.17) is 0 Å². The molecule has 4 rings (SSSR count). The first-order valence-electron chi connectivity index (χ1n) is 8.39. The SMILES string of the molecule is Cl.c1ccc2ncc(CN3CCN(C4CCNC4)CC3)cc2c1. The number of halogens is 1. The second-order valence-corrected chi connectivity index (χ2v) is 6.50. The summed E-state index contributed by atoms with van der Waals surface area (Å²) in [4.78, 5) is 9.80. The highest BCUT2D eigenvalue weighted by Gasteiger charge is 2.25. The van der Waals surface area contributed by atoms with Gasteiger partial charge in [-0.3, -0.25) is 14.8 Å². The average molecular weight is 333 g/mol. The van der Waals surface area contributed by atoms with Crippen molar-refractivity contribution in [2.45, 2.75) is 19.0 Å². The number of aromatic nitrogens is 1. The van der Waals surface area contributed by atoms with Gasteiger partial charge in [0.1, 0.15) is 0 Å². The Balaban J connectivity index is 0.00000156. The van der Waals surface area contributed by atoms with Gasteiger partial charge in [0.15, 0.2) is 0 Å². The number of piperazine rings is 1. The summed E-state index contributed by atoms with van der Waals surface area (Å²) in [6, 6.07) is 11.4. The molecule has 2 aliphatic rings. The van der Waals surface area contributed by atoms with Crippen LogP contribution in [0.2, 0.25) is 0 Å². The highest BCUT2D eigenvalue weighted by atomic mass is 35.5. The molecule has 2 aromatic rings. The molecule has 4 nitrogen and oxygen atoms in total. The Morgan fingerprint density at radius 2 is 1.96 bits per heavy atom. The van der Waals surface area contributed by atoms with Crippen LogP contribution in [0.25, 0.3) is 10.9 Å². The maximum atomic E-state index is 4.58. The second kappa shape index (κ2) is 7.58. The van der Waals surface area contributed by atoms with Crippen molar-refractivity contribution in [3.05, 3.63) is 42.1 Å². The fourth-order valence-corrected chi connectivity index (χ4v) is 3.70. The predicted octanol–water partition coefficient (Wildman–Crippen LogP) is 2.14. The number of fused-ring (bicyclic) bond motifs is 1. The Morgan fingerprint density at radius 3 is 2.74 bits per heavy atom. The van der Waals surface area contributed by atoms with Crippen molar-refractivity contribution in [3.63, 3.8) is 0 Å². The zero-order valence-corrected chi connectivity index (χ0v) is 14.3. The van der Waals surface area contributed by atoms with E-state index in [1.807, 2.05) is 12.3 Å². The molecule has 23 heavy (non-hydrogen) atoms. The minimum Gasteiger partial charge on any atom is -0.315 e. The van der Waals surface area contributed by atoms with Gasteiger partial charge >= 0.3 is 0 Å². The lowest BCUT2D eigenvalue weighted by atomic mass is 10.1. The van der Waals surface area contributed by atoms with Crippen molar-refractivity contribution in [1.29, 1.82) is 0 Å². The summed E-state index contributed by atoms with van der Waals surface area (Å²) in [6.45, 7) is 8.13. The number of pyridine rings is 1. The molecular weight excluding hydrogens is 308 g/mol. The molecule has 1 aromatic carbocycles. The molecule has 0 spiro atoms. The fraction of sp³-hybridized carbons (Fsp3) is 0.500. The number of para-hydroxylation sites is 1. The Kier molecular flexibility index (Phi) is 5.49. The minimum absolute atomic E-state index is 0. The standard InChI is InChI=1S/C18H24N4.ClH/c1-2-4-18-16(3-1)11-15(12-20-18)14-21-7-9-22(10-8-21)17-5-6-19-13-17;/h1-4,11-12,17,19H,5-10,13-14H2;1H. The smallest absolute Gasteiger partial charge is 0.0702 e. The number of benzene rings is 1. The zero-order valence-electron chi connectivity index (χ0n) is 13.4. The van der Waals surface area contributed by atoms with Crippen LogP contribution in [0.5, 0.6) is 0 Å². The summed E-state index contributed by atoms with van der Waals surface area (Å²) >= 11 is 0. The molecule has 0 aliphatic carbocycles. The molecule has 2 saturated heterocycles. The van der Waals surface area contributed by atoms with E-state index in [-0.39, 0.29) is 12.4 Å². The van der Waals surface area contributed by atoms with Gasteiger partial charge in [-0.05, 0) is 30.7 Å². The van der Waals surface area contributed by atoms with Crippen LogP contribution in [0.15, 0.2) is 36.5 Å². The minimum atomic E-state index is 0. The van der Waals surface area contributed by atoms with E-state index < -0.39 is 0 Å². The normalized spacial score (nSPS) is 23.0. The molecule has 2 fully saturated rings. The molecule has 3 heterocycles. The zero-order chi connectivity index (χ0) is 14.8. The van der Waals surface area contributed by atoms with Crippen LogP contribution in [-0.2, 0) is 6.54 Å². The van der Waals surface area contributed by atoms with Crippen molar-refractivity contribution in [1.82, 2.24) is 20.1 Å². The molecule has 0 radical (unpaired) electrons. The van der Waals surface area contributed by atoms with Gasteiger partial charge in [-0.25, -0.2) is 0 Å². The molecule has 1 unspecified atom stereocenters. The van der Waals surface area contributed by atoms with Crippen LogP contribution in [0, 0.1) is 0 Å². The van der Waals surface area contributed by atoms with Gasteiger partial charge in [-0.2, -0.15) is 0 Å². The van der Waals surface area contributed by atoms with Crippen LogP contribution in [0.4, 0.5) is 0 Å². The number of hydrogen-bond donors (Lipinski definition) is 1. The fourth-order valence-electron chi connectivity index (χ4n) is 3.70. The molecular formula is C18H25ClN4. The van der Waals surface area contributed by atoms with E-state index in [1.54, 1.807) is 0 Å². The lowest BCUT2D eigenvalue weighted by molar-refractivity contribution is 0.0981. The molecule has 1 aromatic heterocycles. The van der Waals surface area contributed by atoms with Crippen LogP contribution in [0.3, 0.4) is 0 Å². The Morgan fingerprint density at radius 1 is 1.13 bits per heavy atom. The summed E-state index contributed by atoms with van der Waals surface area (Å²) < 4.78 is 0. The van der Waals surface area contributed by atoms with Crippen molar-refractivity contribution >= 4 is 23.3 Å². The van der Waals surface area contributed by atoms with Crippen molar-refractivity contribution in [2.75, 3.05) is 39.3 Å². The molecule has 5 heteroatoms. The summed E-state index contributed by atoms with van der Waals surface area (Å²) in [6.07, 6.45) is 3.35. The second-order valence-electron chi connectivity index (χ2n) is 6.50. The number of nitrogens with zero attached hydrogens (tertiary/aromatic N) is 3. The number of nitrogens with one attached hydrogen (secondary N) is 1. The Labute approximate surface area is 144 Å². The van der Waals surface area contributed by atoms with Crippen molar-refractivity contribution in [2.24, 2.45) is 0 Å². The monoisotopic (exact) mass is 332 g/mol. The highest BCUT2D eigenvalue weighted by molar-refractivity contribution is 5.85. The molecule has 1 atom stereocenters. The van der Waals surface area contributed by atoms with E-state index >= 15 is 0 Å². The van der Waals surface area contributed by atoms with Crippen LogP contribution in [0.1, 0.15) is 12.0 Å². The van der Waals surface area contributed by atoms with Gasteiger partial charge in [0, 0.05) is 56.9 Å². The van der Waals surface area contributed by atoms with E-state index in [2.05, 4.69) is 44.4 Å². The third-order valence-corrected chi connectivity index (χ3v) is 5.01. The van der Waals surface area contributed by atoms with Crippen molar-refractivity contribution < 1.29 is 0 Å². The Bertz CT molecular complexity index is 634. The third-order valence-electron chi connectivity index (χ3n) is 5.01. The van der Waals surface area contributed by atoms with Crippen molar-refractivity contribution in [3.8, 4) is 0 Å².